The lowest BCUT2D eigenvalue weighted by Gasteiger charge is -2.40. The maximum atomic E-state index is 15.0. The van der Waals surface area contributed by atoms with E-state index in [1.54, 1.807) is 45.5 Å². The van der Waals surface area contributed by atoms with E-state index in [9.17, 15) is 8.42 Å². The number of nitrogens with two attached hydrogens (primary N) is 1. The number of amidine groups is 1. The fourth-order valence-corrected chi connectivity index (χ4v) is 7.20. The van der Waals surface area contributed by atoms with Crippen LogP contribution in [0.15, 0.2) is 41.8 Å². The van der Waals surface area contributed by atoms with Gasteiger partial charge in [0, 0.05) is 29.9 Å². The van der Waals surface area contributed by atoms with Gasteiger partial charge in [-0.05, 0) is 50.3 Å². The summed E-state index contributed by atoms with van der Waals surface area (Å²) in [5.74, 6) is -0.308. The lowest BCUT2D eigenvalue weighted by atomic mass is 9.92. The van der Waals surface area contributed by atoms with Crippen LogP contribution >= 0.6 is 0 Å². The predicted molar refractivity (Wildman–Crippen MR) is 127 cm³/mol. The average molecular weight is 484 g/mol. The highest BCUT2D eigenvalue weighted by Gasteiger charge is 2.58. The molecule has 1 aliphatic heterocycles. The van der Waals surface area contributed by atoms with Gasteiger partial charge < -0.3 is 10.5 Å². The molecule has 3 aromatic heterocycles. The number of pyridine rings is 3. The normalized spacial score (nSPS) is 26.3. The van der Waals surface area contributed by atoms with Crippen molar-refractivity contribution in [2.75, 3.05) is 12.9 Å². The number of nitrogens with zero attached hydrogens (tertiary/aromatic N) is 4. The van der Waals surface area contributed by atoms with E-state index >= 15 is 4.39 Å². The highest BCUT2D eigenvalue weighted by molar-refractivity contribution is 7.93. The second-order valence-electron chi connectivity index (χ2n) is 9.46. The molecule has 0 aromatic carbocycles. The van der Waals surface area contributed by atoms with Crippen molar-refractivity contribution in [3.8, 4) is 5.75 Å². The van der Waals surface area contributed by atoms with Gasteiger partial charge in [-0.3, -0.25) is 19.9 Å². The number of hydrogen-bond acceptors (Lipinski definition) is 8. The Kier molecular flexibility index (Phi) is 5.12. The number of rotatable bonds is 5. The Morgan fingerprint density at radius 2 is 1.94 bits per heavy atom. The summed E-state index contributed by atoms with van der Waals surface area (Å²) in [5, 5.41) is 0. The fourth-order valence-electron chi connectivity index (χ4n) is 4.83. The largest absolute Gasteiger partial charge is 0.495 e. The molecule has 34 heavy (non-hydrogen) atoms. The Morgan fingerprint density at radius 1 is 1.18 bits per heavy atom. The van der Waals surface area contributed by atoms with Crippen LogP contribution in [0.4, 0.5) is 4.39 Å². The summed E-state index contributed by atoms with van der Waals surface area (Å²) in [7, 11) is -2.10. The van der Waals surface area contributed by atoms with E-state index in [1.165, 1.54) is 0 Å². The Morgan fingerprint density at radius 3 is 2.62 bits per heavy atom. The zero-order valence-corrected chi connectivity index (χ0v) is 20.1. The molecule has 1 fully saturated rings. The van der Waals surface area contributed by atoms with Gasteiger partial charge in [0.1, 0.15) is 27.7 Å². The summed E-state index contributed by atoms with van der Waals surface area (Å²) in [6.45, 7) is 3.26. The molecule has 1 saturated carbocycles. The van der Waals surface area contributed by atoms with Crippen molar-refractivity contribution in [1.82, 2.24) is 15.0 Å². The molecule has 0 radical (unpaired) electrons. The number of ether oxygens (including phenoxy) is 1. The molecule has 0 unspecified atom stereocenters. The maximum Gasteiger partial charge on any atom is 0.165 e. The topological polar surface area (TPSA) is 120 Å². The summed E-state index contributed by atoms with van der Waals surface area (Å²) in [6.07, 6.45) is 6.35. The van der Waals surface area contributed by atoms with Gasteiger partial charge in [-0.15, -0.1) is 0 Å². The van der Waals surface area contributed by atoms with E-state index in [4.69, 9.17) is 10.5 Å². The summed E-state index contributed by atoms with van der Waals surface area (Å²) in [5.41, 5.74) is 7.83. The third kappa shape index (κ3) is 3.51. The Labute approximate surface area is 197 Å². The van der Waals surface area contributed by atoms with E-state index in [1.807, 2.05) is 6.07 Å². The van der Waals surface area contributed by atoms with Crippen LogP contribution in [0.25, 0.3) is 11.0 Å². The van der Waals surface area contributed by atoms with Gasteiger partial charge in [-0.2, -0.15) is 0 Å². The number of halogens is 1. The molecule has 1 aliphatic carbocycles. The molecule has 2 N–H and O–H groups in total. The minimum absolute atomic E-state index is 0.0326. The molecule has 3 aromatic rings. The standard InChI is InChI=1S/C24H26FN5O3S/c1-23(13-34(31,32)24(2,15-4-5-15)22(26)30-23)18-9-16(28-12-19(18)25)8-14-6-7-27-20-10-17(33-3)11-29-21(14)20/h6-7,9-12,15H,4-5,8,13H2,1-3H3,(H2,26,30)/t23-,24-/m0/s1. The third-order valence-electron chi connectivity index (χ3n) is 7.08. The van der Waals surface area contributed by atoms with Crippen LogP contribution in [-0.2, 0) is 21.8 Å². The van der Waals surface area contributed by atoms with Crippen LogP contribution in [0, 0.1) is 11.7 Å². The molecule has 178 valence electrons. The van der Waals surface area contributed by atoms with Crippen LogP contribution < -0.4 is 10.5 Å². The second-order valence-corrected chi connectivity index (χ2v) is 11.8. The maximum absolute atomic E-state index is 15.0. The second kappa shape index (κ2) is 7.69. The summed E-state index contributed by atoms with van der Waals surface area (Å²) in [6, 6.07) is 5.20. The molecule has 10 heteroatoms. The molecular weight excluding hydrogens is 457 g/mol. The molecular formula is C24H26FN5O3S. The van der Waals surface area contributed by atoms with Crippen molar-refractivity contribution < 1.29 is 17.5 Å². The van der Waals surface area contributed by atoms with Crippen molar-refractivity contribution in [3.63, 3.8) is 0 Å². The average Bonchev–Trinajstić information content (AvgIpc) is 3.64. The van der Waals surface area contributed by atoms with Gasteiger partial charge in [0.2, 0.25) is 0 Å². The van der Waals surface area contributed by atoms with Crippen molar-refractivity contribution in [3.05, 3.63) is 59.4 Å². The Bertz CT molecular complexity index is 1440. The number of aromatic nitrogens is 3. The first-order valence-corrected chi connectivity index (χ1v) is 12.7. The van der Waals surface area contributed by atoms with E-state index in [0.29, 0.717) is 28.9 Å². The van der Waals surface area contributed by atoms with Gasteiger partial charge in [-0.1, -0.05) is 0 Å². The minimum Gasteiger partial charge on any atom is -0.495 e. The van der Waals surface area contributed by atoms with Crippen molar-refractivity contribution in [1.29, 1.82) is 0 Å². The quantitative estimate of drug-likeness (QED) is 0.592. The molecule has 2 aliphatic rings. The molecule has 0 spiro atoms. The molecule has 4 heterocycles. The number of hydrogen-bond donors (Lipinski definition) is 1. The Balaban J connectivity index is 1.54. The number of fused-ring (bicyclic) bond motifs is 1. The number of aliphatic imine (C=N–C) groups is 1. The number of sulfone groups is 1. The van der Waals surface area contributed by atoms with Crippen molar-refractivity contribution >= 4 is 26.7 Å². The van der Waals surface area contributed by atoms with Crippen LogP contribution in [0.5, 0.6) is 5.75 Å². The van der Waals surface area contributed by atoms with Crippen molar-refractivity contribution in [2.45, 2.75) is 43.4 Å². The van der Waals surface area contributed by atoms with Crippen LogP contribution in [0.1, 0.15) is 43.5 Å². The smallest absolute Gasteiger partial charge is 0.165 e. The molecule has 2 atom stereocenters. The van der Waals surface area contributed by atoms with E-state index in [0.717, 1.165) is 24.6 Å². The van der Waals surface area contributed by atoms with Crippen LogP contribution in [0.2, 0.25) is 0 Å². The van der Waals surface area contributed by atoms with Gasteiger partial charge in [0.25, 0.3) is 0 Å². The predicted octanol–water partition coefficient (Wildman–Crippen LogP) is 2.93. The van der Waals surface area contributed by atoms with Crippen molar-refractivity contribution in [2.24, 2.45) is 16.6 Å². The van der Waals surface area contributed by atoms with E-state index in [-0.39, 0.29) is 23.1 Å². The first-order chi connectivity index (χ1) is 16.1. The summed E-state index contributed by atoms with van der Waals surface area (Å²) in [4.78, 5) is 17.6. The fraction of sp³-hybridized carbons (Fsp3) is 0.417. The summed E-state index contributed by atoms with van der Waals surface area (Å²) >= 11 is 0. The molecule has 5 rings (SSSR count). The van der Waals surface area contributed by atoms with Gasteiger partial charge in [0.15, 0.2) is 9.84 Å². The highest BCUT2D eigenvalue weighted by Crippen LogP contribution is 2.49. The number of methoxy groups -OCH3 is 1. The highest BCUT2D eigenvalue weighted by atomic mass is 32.2. The lowest BCUT2D eigenvalue weighted by Crippen LogP contribution is -2.58. The molecule has 0 bridgehead atoms. The zero-order chi connectivity index (χ0) is 24.3. The molecule has 8 nitrogen and oxygen atoms in total. The van der Waals surface area contributed by atoms with Gasteiger partial charge >= 0.3 is 0 Å². The lowest BCUT2D eigenvalue weighted by molar-refractivity contribution is 0.413. The molecule has 0 amide bonds. The third-order valence-corrected chi connectivity index (χ3v) is 9.86. The first kappa shape index (κ1) is 22.6. The Hall–Kier alpha value is -3.14. The monoisotopic (exact) mass is 483 g/mol. The minimum atomic E-state index is -3.66. The van der Waals surface area contributed by atoms with Gasteiger partial charge in [0.05, 0.1) is 36.3 Å². The zero-order valence-electron chi connectivity index (χ0n) is 19.2. The first-order valence-electron chi connectivity index (χ1n) is 11.1. The summed E-state index contributed by atoms with van der Waals surface area (Å²) < 4.78 is 45.7. The van der Waals surface area contributed by atoms with Crippen LogP contribution in [-0.4, -0.2) is 46.8 Å². The van der Waals surface area contributed by atoms with Gasteiger partial charge in [-0.25, -0.2) is 12.8 Å². The van der Waals surface area contributed by atoms with E-state index in [2.05, 4.69) is 19.9 Å². The van der Waals surface area contributed by atoms with E-state index < -0.39 is 25.9 Å². The van der Waals surface area contributed by atoms with Crippen LogP contribution in [0.3, 0.4) is 0 Å². The molecule has 0 saturated heterocycles. The SMILES string of the molecule is COc1cnc2c(Cc3cc([C@]4(C)CS(=O)(=O)[C@@](C)(C5CC5)C(N)=N4)c(F)cn3)ccnc2c1.